The number of ether oxygens (including phenoxy) is 3. The van der Waals surface area contributed by atoms with E-state index in [0.717, 1.165) is 79.7 Å². The van der Waals surface area contributed by atoms with Crippen molar-refractivity contribution in [1.82, 2.24) is 38.2 Å². The van der Waals surface area contributed by atoms with E-state index < -0.39 is 89.5 Å². The predicted octanol–water partition coefficient (Wildman–Crippen LogP) is 3.64. The molecule has 4 unspecified atom stereocenters. The Morgan fingerprint density at radius 1 is 0.696 bits per heavy atom. The molecular weight excluding hydrogens is 1130 g/mol. The van der Waals surface area contributed by atoms with E-state index in [9.17, 15) is 47.8 Å². The number of H-pyrrole nitrogens is 2. The molecule has 2 aromatic carbocycles. The number of hydrogen-bond acceptors (Lipinski definition) is 16. The number of anilines is 2. The molecule has 6 atom stereocenters. The minimum absolute atomic E-state index is 0.0302. The Balaban J connectivity index is 0.000000212. The molecular formula is C50H62Cl4F2N10O13. The van der Waals surface area contributed by atoms with Crippen LogP contribution in [0.3, 0.4) is 0 Å². The van der Waals surface area contributed by atoms with Gasteiger partial charge >= 0.3 is 23.3 Å². The van der Waals surface area contributed by atoms with Gasteiger partial charge in [0.25, 0.3) is 11.1 Å². The maximum Gasteiger partial charge on any atom is 0.330 e. The molecule has 6 heterocycles. The summed E-state index contributed by atoms with van der Waals surface area (Å²) < 4.78 is 48.3. The highest BCUT2D eigenvalue weighted by atomic mass is 35.5. The molecule has 0 radical (unpaired) electrons. The van der Waals surface area contributed by atoms with E-state index in [1.807, 2.05) is 64.6 Å². The number of fused-ring (bicyclic) bond motifs is 2. The van der Waals surface area contributed by atoms with Gasteiger partial charge in [-0.2, -0.15) is 8.78 Å². The van der Waals surface area contributed by atoms with E-state index in [-0.39, 0.29) is 32.3 Å². The lowest BCUT2D eigenvalue weighted by molar-refractivity contribution is -0.150. The summed E-state index contributed by atoms with van der Waals surface area (Å²) in [7, 11) is 3.88. The van der Waals surface area contributed by atoms with Crippen molar-refractivity contribution in [3.8, 4) is 0 Å². The number of aliphatic hydroxyl groups excluding tert-OH is 3. The van der Waals surface area contributed by atoms with E-state index in [0.29, 0.717) is 62.3 Å². The second kappa shape index (κ2) is 29.5. The summed E-state index contributed by atoms with van der Waals surface area (Å²) in [6.45, 7) is 2.19. The van der Waals surface area contributed by atoms with E-state index in [1.165, 1.54) is 0 Å². The van der Waals surface area contributed by atoms with Gasteiger partial charge in [0.15, 0.2) is 0 Å². The number of aryl methyl sites for hydroxylation is 4. The van der Waals surface area contributed by atoms with Crippen LogP contribution >= 0.6 is 46.4 Å². The van der Waals surface area contributed by atoms with Crippen LogP contribution in [0.15, 0.2) is 68.0 Å². The highest BCUT2D eigenvalue weighted by molar-refractivity contribution is 6.19. The highest BCUT2D eigenvalue weighted by Crippen LogP contribution is 2.30. The molecule has 23 nitrogen and oxygen atoms in total. The lowest BCUT2D eigenvalue weighted by atomic mass is 10.2. The van der Waals surface area contributed by atoms with E-state index in [2.05, 4.69) is 14.8 Å². The van der Waals surface area contributed by atoms with Gasteiger partial charge in [0, 0.05) is 114 Å². The van der Waals surface area contributed by atoms with Crippen LogP contribution in [-0.4, -0.2) is 158 Å². The van der Waals surface area contributed by atoms with Crippen molar-refractivity contribution in [2.75, 3.05) is 72.7 Å². The molecule has 0 amide bonds. The number of carboxylic acids is 1. The molecule has 432 valence electrons. The SMILES string of the molecule is Cn1c(CCCC(=O)O)nc2cc(N(CCCl)CCCl)ccc21.Cn1c(CCCC(=O)OCC2OC(n3cc(F)c(=O)[nH]c3=O)C[C@H]2O)nc2cc(N(CCCl)CCCl)ccc21.O=c1[nH]c(=O)n(C2C[C@@H](O)C(CO)O2)cc1F. The molecule has 0 saturated carbocycles. The number of aliphatic carboxylic acids is 1. The second-order valence-corrected chi connectivity index (χ2v) is 19.9. The molecule has 8 rings (SSSR count). The number of aromatic amines is 2. The third-order valence-corrected chi connectivity index (χ3v) is 13.8. The first kappa shape index (κ1) is 62.3. The number of carbonyl (C=O) groups is 2. The first-order chi connectivity index (χ1) is 37.8. The molecule has 2 aliphatic rings. The summed E-state index contributed by atoms with van der Waals surface area (Å²) in [5.74, 6) is 0.268. The van der Waals surface area contributed by atoms with Crippen molar-refractivity contribution in [2.24, 2.45) is 14.1 Å². The number of nitrogens with zero attached hydrogens (tertiary/aromatic N) is 8. The summed E-state index contributed by atoms with van der Waals surface area (Å²) in [6.07, 6.45) is -1.57. The van der Waals surface area contributed by atoms with Gasteiger partial charge in [-0.25, -0.2) is 19.6 Å². The first-order valence-corrected chi connectivity index (χ1v) is 27.3. The molecule has 6 N–H and O–H groups in total. The smallest absolute Gasteiger partial charge is 0.330 e. The maximum absolute atomic E-state index is 13.6. The van der Waals surface area contributed by atoms with Gasteiger partial charge in [0.2, 0.25) is 11.6 Å². The minimum atomic E-state index is -1.15. The van der Waals surface area contributed by atoms with Crippen LogP contribution in [-0.2, 0) is 50.7 Å². The van der Waals surface area contributed by atoms with Gasteiger partial charge in [0.1, 0.15) is 42.9 Å². The van der Waals surface area contributed by atoms with Gasteiger partial charge in [0.05, 0.1) is 53.3 Å². The molecule has 0 bridgehead atoms. The summed E-state index contributed by atoms with van der Waals surface area (Å²) in [5, 5.41) is 37.3. The number of benzene rings is 2. The second-order valence-electron chi connectivity index (χ2n) is 18.4. The number of aliphatic hydroxyl groups is 3. The lowest BCUT2D eigenvalue weighted by Crippen LogP contribution is -2.34. The van der Waals surface area contributed by atoms with Crippen LogP contribution in [0.25, 0.3) is 22.1 Å². The summed E-state index contributed by atoms with van der Waals surface area (Å²) in [5.41, 5.74) is 1.86. The zero-order valence-electron chi connectivity index (χ0n) is 43.1. The van der Waals surface area contributed by atoms with Crippen LogP contribution in [0.2, 0.25) is 0 Å². The van der Waals surface area contributed by atoms with E-state index in [1.54, 1.807) is 4.98 Å². The predicted molar refractivity (Wildman–Crippen MR) is 292 cm³/mol. The number of alkyl halides is 4. The lowest BCUT2D eigenvalue weighted by Gasteiger charge is -2.22. The number of imidazole rings is 2. The number of rotatable bonds is 23. The van der Waals surface area contributed by atoms with Crippen molar-refractivity contribution in [3.63, 3.8) is 0 Å². The number of nitrogens with one attached hydrogen (secondary N) is 2. The normalized spacial score (nSPS) is 18.8. The number of halogens is 6. The monoisotopic (exact) mass is 1190 g/mol. The number of esters is 1. The topological polar surface area (TPSA) is 295 Å². The molecule has 29 heteroatoms. The molecule has 0 spiro atoms. The fourth-order valence-electron chi connectivity index (χ4n) is 8.94. The Morgan fingerprint density at radius 2 is 1.11 bits per heavy atom. The fourth-order valence-corrected chi connectivity index (χ4v) is 9.75. The van der Waals surface area contributed by atoms with Crippen molar-refractivity contribution >= 4 is 91.8 Å². The van der Waals surface area contributed by atoms with E-state index >= 15 is 0 Å². The van der Waals surface area contributed by atoms with Gasteiger partial charge in [-0.15, -0.1) is 46.4 Å². The van der Waals surface area contributed by atoms with Gasteiger partial charge in [-0.1, -0.05) is 0 Å². The number of hydrogen-bond donors (Lipinski definition) is 6. The third kappa shape index (κ3) is 16.4. The van der Waals surface area contributed by atoms with Crippen LogP contribution < -0.4 is 32.3 Å². The Labute approximate surface area is 469 Å². The van der Waals surface area contributed by atoms with E-state index in [4.69, 9.17) is 75.8 Å². The molecule has 79 heavy (non-hydrogen) atoms. The zero-order chi connectivity index (χ0) is 57.5. The van der Waals surface area contributed by atoms with Crippen LogP contribution in [0, 0.1) is 11.6 Å². The molecule has 2 aliphatic heterocycles. The van der Waals surface area contributed by atoms with Gasteiger partial charge < -0.3 is 53.6 Å². The van der Waals surface area contributed by atoms with Crippen molar-refractivity contribution in [3.05, 3.63) is 114 Å². The summed E-state index contributed by atoms with van der Waals surface area (Å²) in [4.78, 5) is 85.6. The number of carboxylic acid groups (broad SMARTS) is 1. The minimum Gasteiger partial charge on any atom is -0.481 e. The molecule has 2 fully saturated rings. The van der Waals surface area contributed by atoms with Crippen LogP contribution in [0.4, 0.5) is 20.2 Å². The Kier molecular flexibility index (Phi) is 23.3. The summed E-state index contributed by atoms with van der Waals surface area (Å²) in [6, 6.07) is 12.1. The Morgan fingerprint density at radius 3 is 1.52 bits per heavy atom. The van der Waals surface area contributed by atoms with Crippen LogP contribution in [0.1, 0.15) is 62.6 Å². The molecule has 0 aliphatic carbocycles. The molecule has 4 aromatic heterocycles. The maximum atomic E-state index is 13.6. The Hall–Kier alpha value is -5.90. The standard InChI is InChI=1S/C25H30Cl2FN5O6.C16H21Cl2N3O2.C9H11FN2O5/c1-31-18-6-5-15(32(9-7-26)10-8-27)11-17(18)29-21(31)3-2-4-23(35)38-14-20-19(34)12-22(39-20)33-13-16(28)24(36)30-25(33)37;1-20-14-6-5-12(21(9-7-17)10-8-18)11-13(14)19-15(20)3-2-4-16(22)23;10-4-2-12(9(16)11-8(4)15)7-1-5(14)6(3-13)17-7/h5-6,11,13,19-20,22,34H,2-4,7-10,12,14H2,1H3,(H,30,36,37);5-6,11H,2-4,7-10H2,1H3,(H,22,23);2,5-7,13-14H,1,3H2,(H,11,15,16)/t19-,20?,22?;;5-,6?,7?/m1.1/s1. The quantitative estimate of drug-likeness (QED) is 0.0394. The van der Waals surface area contributed by atoms with Gasteiger partial charge in [-0.3, -0.25) is 38.3 Å². The third-order valence-electron chi connectivity index (χ3n) is 13.1. The van der Waals surface area contributed by atoms with Crippen molar-refractivity contribution in [2.45, 2.75) is 88.2 Å². The number of carbonyl (C=O) groups excluding carboxylic acids is 1. The zero-order valence-corrected chi connectivity index (χ0v) is 46.1. The molecule has 2 saturated heterocycles. The summed E-state index contributed by atoms with van der Waals surface area (Å²) >= 11 is 23.6. The highest BCUT2D eigenvalue weighted by Gasteiger charge is 2.37. The van der Waals surface area contributed by atoms with Crippen molar-refractivity contribution in [1.29, 1.82) is 0 Å². The number of aromatic nitrogens is 8. The van der Waals surface area contributed by atoms with Crippen LogP contribution in [0.5, 0.6) is 0 Å². The molecule has 6 aromatic rings. The average molecular weight is 1190 g/mol. The average Bonchev–Trinajstić information content (AvgIpc) is 4.26. The Bertz CT molecular complexity index is 3250. The fraction of sp³-hybridized carbons (Fsp3) is 0.520. The first-order valence-electron chi connectivity index (χ1n) is 25.1. The van der Waals surface area contributed by atoms with Gasteiger partial charge in [-0.05, 0) is 49.2 Å². The largest absolute Gasteiger partial charge is 0.481 e. The van der Waals surface area contributed by atoms with Crippen molar-refractivity contribution < 1.29 is 53.0 Å².